The van der Waals surface area contributed by atoms with Crippen molar-refractivity contribution >= 4 is 0 Å². The van der Waals surface area contributed by atoms with Gasteiger partial charge in [-0.25, -0.2) is 0 Å². The lowest BCUT2D eigenvalue weighted by Gasteiger charge is -2.22. The Labute approximate surface area is 124 Å². The Balaban J connectivity index is 1.27. The minimum atomic E-state index is 0.590. The summed E-state index contributed by atoms with van der Waals surface area (Å²) in [5, 5.41) is 3.83. The van der Waals surface area contributed by atoms with Crippen molar-refractivity contribution in [2.45, 2.75) is 70.4 Å². The Morgan fingerprint density at radius 2 is 1.95 bits per heavy atom. The van der Waals surface area contributed by atoms with Gasteiger partial charge in [-0.05, 0) is 87.5 Å². The van der Waals surface area contributed by atoms with Crippen molar-refractivity contribution in [2.75, 3.05) is 13.2 Å². The van der Waals surface area contributed by atoms with Crippen LogP contribution in [0.1, 0.15) is 58.3 Å². The molecule has 2 bridgehead atoms. The fourth-order valence-electron chi connectivity index (χ4n) is 6.06. The zero-order valence-electron chi connectivity index (χ0n) is 13.0. The van der Waals surface area contributed by atoms with Crippen molar-refractivity contribution in [3.8, 4) is 0 Å². The van der Waals surface area contributed by atoms with Gasteiger partial charge in [0.1, 0.15) is 0 Å². The molecule has 20 heavy (non-hydrogen) atoms. The maximum absolute atomic E-state index is 5.77. The molecule has 4 rings (SSSR count). The molecule has 0 aromatic carbocycles. The average molecular weight is 277 g/mol. The fourth-order valence-corrected chi connectivity index (χ4v) is 6.06. The molecule has 1 N–H and O–H groups in total. The molecule has 3 saturated carbocycles. The molecule has 6 unspecified atom stereocenters. The second kappa shape index (κ2) is 5.61. The minimum absolute atomic E-state index is 0.590. The highest BCUT2D eigenvalue weighted by molar-refractivity contribution is 5.15. The molecule has 0 aromatic rings. The zero-order chi connectivity index (χ0) is 13.5. The molecule has 6 atom stereocenters. The van der Waals surface area contributed by atoms with Gasteiger partial charge in [-0.3, -0.25) is 0 Å². The second-order valence-electron chi connectivity index (χ2n) is 7.80. The van der Waals surface area contributed by atoms with E-state index in [1.807, 2.05) is 0 Å². The van der Waals surface area contributed by atoms with Crippen molar-refractivity contribution < 1.29 is 4.74 Å². The highest BCUT2D eigenvalue weighted by atomic mass is 16.5. The van der Waals surface area contributed by atoms with Gasteiger partial charge in [0.05, 0.1) is 6.10 Å². The molecule has 0 aromatic heterocycles. The summed E-state index contributed by atoms with van der Waals surface area (Å²) >= 11 is 0. The molecule has 2 nitrogen and oxygen atoms in total. The van der Waals surface area contributed by atoms with Gasteiger partial charge in [0.15, 0.2) is 0 Å². The van der Waals surface area contributed by atoms with E-state index in [2.05, 4.69) is 12.2 Å². The smallest absolute Gasteiger partial charge is 0.0576 e. The summed E-state index contributed by atoms with van der Waals surface area (Å²) in [6.07, 6.45) is 11.9. The van der Waals surface area contributed by atoms with E-state index in [-0.39, 0.29) is 0 Å². The first kappa shape index (κ1) is 13.6. The van der Waals surface area contributed by atoms with Crippen LogP contribution in [-0.4, -0.2) is 25.3 Å². The van der Waals surface area contributed by atoms with Crippen LogP contribution in [0.3, 0.4) is 0 Å². The molecule has 0 spiro atoms. The van der Waals surface area contributed by atoms with Gasteiger partial charge in [0.2, 0.25) is 0 Å². The van der Waals surface area contributed by atoms with E-state index >= 15 is 0 Å². The first-order chi connectivity index (χ1) is 9.88. The van der Waals surface area contributed by atoms with Crippen LogP contribution in [-0.2, 0) is 4.74 Å². The average Bonchev–Trinajstić information content (AvgIpc) is 2.89. The lowest BCUT2D eigenvalue weighted by molar-refractivity contribution is 0.101. The third kappa shape index (κ3) is 2.33. The van der Waals surface area contributed by atoms with E-state index in [1.165, 1.54) is 32.1 Å². The highest BCUT2D eigenvalue weighted by Gasteiger charge is 2.66. The predicted octanol–water partition coefficient (Wildman–Crippen LogP) is 3.61. The summed E-state index contributed by atoms with van der Waals surface area (Å²) < 4.78 is 5.77. The quantitative estimate of drug-likeness (QED) is 0.767. The van der Waals surface area contributed by atoms with E-state index in [0.717, 1.165) is 48.8 Å². The molecular weight excluding hydrogens is 246 g/mol. The molecule has 4 aliphatic rings. The molecule has 0 amide bonds. The van der Waals surface area contributed by atoms with E-state index < -0.39 is 0 Å². The third-order valence-electron chi connectivity index (χ3n) is 6.79. The summed E-state index contributed by atoms with van der Waals surface area (Å²) in [6.45, 7) is 4.44. The Morgan fingerprint density at radius 3 is 2.60 bits per heavy atom. The van der Waals surface area contributed by atoms with Crippen molar-refractivity contribution in [3.05, 3.63) is 0 Å². The second-order valence-corrected chi connectivity index (χ2v) is 7.80. The summed E-state index contributed by atoms with van der Waals surface area (Å²) in [7, 11) is 0. The highest BCUT2D eigenvalue weighted by Crippen LogP contribution is 2.70. The minimum Gasteiger partial charge on any atom is -0.378 e. The van der Waals surface area contributed by atoms with E-state index in [0.29, 0.717) is 6.10 Å². The fraction of sp³-hybridized carbons (Fsp3) is 1.00. The zero-order valence-corrected chi connectivity index (χ0v) is 13.0. The Kier molecular flexibility index (Phi) is 3.80. The maximum atomic E-state index is 5.77. The number of nitrogens with one attached hydrogen (secondary N) is 1. The molecule has 114 valence electrons. The van der Waals surface area contributed by atoms with Gasteiger partial charge in [0.25, 0.3) is 0 Å². The van der Waals surface area contributed by atoms with Crippen LogP contribution in [0, 0.1) is 29.6 Å². The molecule has 4 fully saturated rings. The summed E-state index contributed by atoms with van der Waals surface area (Å²) in [5.74, 6) is 5.54. The normalized spacial score (nSPS) is 46.6. The molecule has 1 saturated heterocycles. The van der Waals surface area contributed by atoms with Gasteiger partial charge >= 0.3 is 0 Å². The monoisotopic (exact) mass is 277 g/mol. The maximum Gasteiger partial charge on any atom is 0.0576 e. The van der Waals surface area contributed by atoms with Crippen LogP contribution >= 0.6 is 0 Å². The Morgan fingerprint density at radius 1 is 1.15 bits per heavy atom. The lowest BCUT2D eigenvalue weighted by atomic mass is 9.93. The first-order valence-corrected chi connectivity index (χ1v) is 9.23. The van der Waals surface area contributed by atoms with E-state index in [4.69, 9.17) is 4.74 Å². The predicted molar refractivity (Wildman–Crippen MR) is 81.6 cm³/mol. The van der Waals surface area contributed by atoms with E-state index in [1.54, 1.807) is 19.3 Å². The standard InChI is InChI=1S/C18H31NO/c1-2-19-15(7-3-5-14-6-4-10-20-14)18-16-12-8-9-13(11-12)17(16)18/h12-19H,2-11H2,1H3. The van der Waals surface area contributed by atoms with Crippen LogP contribution in [0.5, 0.6) is 0 Å². The van der Waals surface area contributed by atoms with Gasteiger partial charge in [0, 0.05) is 12.6 Å². The van der Waals surface area contributed by atoms with Crippen molar-refractivity contribution in [2.24, 2.45) is 29.6 Å². The van der Waals surface area contributed by atoms with Crippen molar-refractivity contribution in [3.63, 3.8) is 0 Å². The van der Waals surface area contributed by atoms with E-state index in [9.17, 15) is 0 Å². The molecule has 3 aliphatic carbocycles. The number of rotatable bonds is 7. The SMILES string of the molecule is CCNC(CCCC1CCCO1)C1C2C3CCC(C3)C21. The topological polar surface area (TPSA) is 21.3 Å². The van der Waals surface area contributed by atoms with Crippen LogP contribution in [0.15, 0.2) is 0 Å². The number of ether oxygens (including phenoxy) is 1. The van der Waals surface area contributed by atoms with Crippen LogP contribution in [0.2, 0.25) is 0 Å². The van der Waals surface area contributed by atoms with Gasteiger partial charge in [-0.2, -0.15) is 0 Å². The van der Waals surface area contributed by atoms with Crippen LogP contribution < -0.4 is 5.32 Å². The van der Waals surface area contributed by atoms with Crippen LogP contribution in [0.25, 0.3) is 0 Å². The molecule has 2 heteroatoms. The molecule has 0 radical (unpaired) electrons. The molecule has 1 heterocycles. The van der Waals surface area contributed by atoms with Gasteiger partial charge in [-0.1, -0.05) is 6.92 Å². The summed E-state index contributed by atoms with van der Waals surface area (Å²) in [4.78, 5) is 0. The number of hydrogen-bond acceptors (Lipinski definition) is 2. The molecular formula is C18H31NO. The largest absolute Gasteiger partial charge is 0.378 e. The Hall–Kier alpha value is -0.0800. The van der Waals surface area contributed by atoms with Crippen molar-refractivity contribution in [1.82, 2.24) is 5.32 Å². The lowest BCUT2D eigenvalue weighted by Crippen LogP contribution is -2.33. The number of hydrogen-bond donors (Lipinski definition) is 1. The Bertz CT molecular complexity index is 322. The third-order valence-corrected chi connectivity index (χ3v) is 6.79. The van der Waals surface area contributed by atoms with Gasteiger partial charge < -0.3 is 10.1 Å². The summed E-state index contributed by atoms with van der Waals surface area (Å²) in [6, 6.07) is 0.819. The molecule has 1 aliphatic heterocycles. The number of fused-ring (bicyclic) bond motifs is 5. The van der Waals surface area contributed by atoms with Gasteiger partial charge in [-0.15, -0.1) is 0 Å². The summed E-state index contributed by atoms with van der Waals surface area (Å²) in [5.41, 5.74) is 0. The first-order valence-electron chi connectivity index (χ1n) is 9.23. The van der Waals surface area contributed by atoms with Crippen LogP contribution in [0.4, 0.5) is 0 Å². The van der Waals surface area contributed by atoms with Crippen molar-refractivity contribution in [1.29, 1.82) is 0 Å².